The van der Waals surface area contributed by atoms with Crippen LogP contribution in [0.5, 0.6) is 0 Å². The second-order valence-electron chi connectivity index (χ2n) is 5.56. The quantitative estimate of drug-likeness (QED) is 0.754. The van der Waals surface area contributed by atoms with Crippen LogP contribution in [0.1, 0.15) is 33.3 Å². The number of rotatable bonds is 6. The zero-order chi connectivity index (χ0) is 14.4. The molecule has 1 N–H and O–H groups in total. The molecule has 0 aliphatic carbocycles. The Kier molecular flexibility index (Phi) is 6.92. The van der Waals surface area contributed by atoms with Gasteiger partial charge in [-0.1, -0.05) is 62.5 Å². The summed E-state index contributed by atoms with van der Waals surface area (Å²) in [5.74, 6) is 1.14. The summed E-state index contributed by atoms with van der Waals surface area (Å²) >= 11 is 12.2. The maximum atomic E-state index is 6.21. The first-order valence-electron chi connectivity index (χ1n) is 6.76. The summed E-state index contributed by atoms with van der Waals surface area (Å²) < 4.78 is 0. The van der Waals surface area contributed by atoms with Gasteiger partial charge in [0, 0.05) is 16.6 Å². The van der Waals surface area contributed by atoms with Crippen LogP contribution in [0.2, 0.25) is 10.0 Å². The van der Waals surface area contributed by atoms with E-state index in [1.807, 2.05) is 18.2 Å². The molecule has 0 heterocycles. The largest absolute Gasteiger partial charge is 0.313 e. The topological polar surface area (TPSA) is 12.0 Å². The fraction of sp³-hybridized carbons (Fsp3) is 0.500. The van der Waals surface area contributed by atoms with E-state index >= 15 is 0 Å². The molecule has 19 heavy (non-hydrogen) atoms. The minimum Gasteiger partial charge on any atom is -0.313 e. The third-order valence-corrected chi connectivity index (χ3v) is 3.50. The highest BCUT2D eigenvalue weighted by Gasteiger charge is 2.06. The van der Waals surface area contributed by atoms with Gasteiger partial charge < -0.3 is 5.32 Å². The smallest absolute Gasteiger partial charge is 0.0479 e. The van der Waals surface area contributed by atoms with Crippen molar-refractivity contribution in [2.75, 3.05) is 13.1 Å². The lowest BCUT2D eigenvalue weighted by Gasteiger charge is -2.14. The minimum atomic E-state index is 0.481. The van der Waals surface area contributed by atoms with E-state index in [4.69, 9.17) is 23.2 Å². The van der Waals surface area contributed by atoms with Crippen molar-refractivity contribution in [2.45, 2.75) is 27.7 Å². The number of hydrogen-bond acceptors (Lipinski definition) is 1. The van der Waals surface area contributed by atoms with Gasteiger partial charge in [-0.25, -0.2) is 0 Å². The maximum absolute atomic E-state index is 6.21. The second-order valence-corrected chi connectivity index (χ2v) is 6.41. The van der Waals surface area contributed by atoms with Gasteiger partial charge in [0.15, 0.2) is 0 Å². The van der Waals surface area contributed by atoms with Crippen LogP contribution in [0.25, 0.3) is 6.08 Å². The van der Waals surface area contributed by atoms with E-state index in [9.17, 15) is 0 Å². The molecule has 0 saturated carbocycles. The summed E-state index contributed by atoms with van der Waals surface area (Å²) in [6.07, 6.45) is 2.15. The normalized spacial score (nSPS) is 12.5. The van der Waals surface area contributed by atoms with E-state index in [-0.39, 0.29) is 0 Å². The van der Waals surface area contributed by atoms with E-state index < -0.39 is 0 Å². The lowest BCUT2D eigenvalue weighted by Crippen LogP contribution is -2.23. The minimum absolute atomic E-state index is 0.481. The SMILES string of the molecule is CC(C)CNC/C(=C/c1cc(Cl)ccc1Cl)C(C)C. The first-order valence-corrected chi connectivity index (χ1v) is 7.52. The molecule has 1 nitrogen and oxygen atoms in total. The summed E-state index contributed by atoms with van der Waals surface area (Å²) in [4.78, 5) is 0. The van der Waals surface area contributed by atoms with Gasteiger partial charge in [0.2, 0.25) is 0 Å². The van der Waals surface area contributed by atoms with Crippen molar-refractivity contribution in [3.05, 3.63) is 39.4 Å². The van der Waals surface area contributed by atoms with Crippen LogP contribution < -0.4 is 5.32 Å². The highest BCUT2D eigenvalue weighted by Crippen LogP contribution is 2.24. The highest BCUT2D eigenvalue weighted by molar-refractivity contribution is 6.34. The average molecular weight is 300 g/mol. The average Bonchev–Trinajstić information content (AvgIpc) is 2.31. The van der Waals surface area contributed by atoms with E-state index in [1.54, 1.807) is 0 Å². The zero-order valence-corrected chi connectivity index (χ0v) is 13.6. The third kappa shape index (κ3) is 5.99. The Morgan fingerprint density at radius 3 is 2.47 bits per heavy atom. The molecule has 0 radical (unpaired) electrons. The van der Waals surface area contributed by atoms with Crippen molar-refractivity contribution >= 4 is 29.3 Å². The van der Waals surface area contributed by atoms with Gasteiger partial charge in [-0.3, -0.25) is 0 Å². The van der Waals surface area contributed by atoms with Crippen molar-refractivity contribution in [1.82, 2.24) is 5.32 Å². The molecule has 1 aromatic rings. The lowest BCUT2D eigenvalue weighted by molar-refractivity contribution is 0.558. The molecule has 0 amide bonds. The number of nitrogens with one attached hydrogen (secondary N) is 1. The van der Waals surface area contributed by atoms with E-state index in [1.165, 1.54) is 5.57 Å². The molecule has 106 valence electrons. The van der Waals surface area contributed by atoms with E-state index in [0.29, 0.717) is 16.9 Å². The molecule has 0 fully saturated rings. The summed E-state index contributed by atoms with van der Waals surface area (Å²) in [7, 11) is 0. The van der Waals surface area contributed by atoms with Gasteiger partial charge in [-0.15, -0.1) is 0 Å². The summed E-state index contributed by atoms with van der Waals surface area (Å²) in [6.45, 7) is 10.7. The van der Waals surface area contributed by atoms with Crippen LogP contribution in [0.3, 0.4) is 0 Å². The second kappa shape index (κ2) is 7.94. The summed E-state index contributed by atoms with van der Waals surface area (Å²) in [5, 5.41) is 4.93. The number of halogens is 2. The lowest BCUT2D eigenvalue weighted by atomic mass is 10.00. The standard InChI is InChI=1S/C16H23Cl2N/c1-11(2)9-19-10-14(12(3)4)7-13-8-15(17)5-6-16(13)18/h5-8,11-12,19H,9-10H2,1-4H3/b14-7-. The van der Waals surface area contributed by atoms with Gasteiger partial charge in [0.25, 0.3) is 0 Å². The first kappa shape index (κ1) is 16.6. The molecule has 0 aliphatic heterocycles. The Bertz CT molecular complexity index is 436. The predicted molar refractivity (Wildman–Crippen MR) is 87.0 cm³/mol. The Labute approximate surface area is 127 Å². The van der Waals surface area contributed by atoms with Crippen molar-refractivity contribution in [3.8, 4) is 0 Å². The van der Waals surface area contributed by atoms with Crippen LogP contribution in [0.4, 0.5) is 0 Å². The van der Waals surface area contributed by atoms with Crippen LogP contribution in [-0.4, -0.2) is 13.1 Å². The monoisotopic (exact) mass is 299 g/mol. The third-order valence-electron chi connectivity index (χ3n) is 2.92. The van der Waals surface area contributed by atoms with Crippen LogP contribution in [-0.2, 0) is 0 Å². The summed E-state index contributed by atoms with van der Waals surface area (Å²) in [6, 6.07) is 5.57. The van der Waals surface area contributed by atoms with Crippen molar-refractivity contribution in [2.24, 2.45) is 11.8 Å². The fourth-order valence-corrected chi connectivity index (χ4v) is 2.10. The molecule has 0 aliphatic rings. The molecule has 1 aromatic carbocycles. The van der Waals surface area contributed by atoms with Crippen molar-refractivity contribution in [1.29, 1.82) is 0 Å². The van der Waals surface area contributed by atoms with Gasteiger partial charge in [-0.2, -0.15) is 0 Å². The zero-order valence-electron chi connectivity index (χ0n) is 12.1. The first-order chi connectivity index (χ1) is 8.90. The molecule has 0 saturated heterocycles. The van der Waals surface area contributed by atoms with Gasteiger partial charge in [0.1, 0.15) is 0 Å². The molecule has 0 spiro atoms. The Hall–Kier alpha value is -0.500. The molecule has 0 aromatic heterocycles. The highest BCUT2D eigenvalue weighted by atomic mass is 35.5. The molecule has 0 unspecified atom stereocenters. The molecular formula is C16H23Cl2N. The van der Waals surface area contributed by atoms with E-state index in [0.717, 1.165) is 23.7 Å². The molecule has 1 rings (SSSR count). The Balaban J connectivity index is 2.85. The molecule has 0 atom stereocenters. The summed E-state index contributed by atoms with van der Waals surface area (Å²) in [5.41, 5.74) is 2.33. The van der Waals surface area contributed by atoms with Crippen LogP contribution in [0.15, 0.2) is 23.8 Å². The van der Waals surface area contributed by atoms with Crippen LogP contribution >= 0.6 is 23.2 Å². The van der Waals surface area contributed by atoms with Gasteiger partial charge in [-0.05, 0) is 42.1 Å². The van der Waals surface area contributed by atoms with E-state index in [2.05, 4.69) is 39.1 Å². The van der Waals surface area contributed by atoms with Crippen molar-refractivity contribution < 1.29 is 0 Å². The molecule has 3 heteroatoms. The van der Waals surface area contributed by atoms with Gasteiger partial charge >= 0.3 is 0 Å². The predicted octanol–water partition coefficient (Wildman–Crippen LogP) is 5.28. The Morgan fingerprint density at radius 1 is 1.21 bits per heavy atom. The Morgan fingerprint density at radius 2 is 1.89 bits per heavy atom. The molecular weight excluding hydrogens is 277 g/mol. The van der Waals surface area contributed by atoms with Crippen molar-refractivity contribution in [3.63, 3.8) is 0 Å². The van der Waals surface area contributed by atoms with Crippen LogP contribution in [0, 0.1) is 11.8 Å². The maximum Gasteiger partial charge on any atom is 0.0479 e. The molecule has 0 bridgehead atoms. The number of hydrogen-bond donors (Lipinski definition) is 1. The fourth-order valence-electron chi connectivity index (χ4n) is 1.75. The van der Waals surface area contributed by atoms with Gasteiger partial charge in [0.05, 0.1) is 0 Å². The number of benzene rings is 1.